The molecular formula is C16H15ClF2N4O. The summed E-state index contributed by atoms with van der Waals surface area (Å²) in [5, 5.41) is 0. The summed E-state index contributed by atoms with van der Waals surface area (Å²) >= 11 is 5.53. The van der Waals surface area contributed by atoms with Gasteiger partial charge in [0.1, 0.15) is 5.88 Å². The Morgan fingerprint density at radius 1 is 1.08 bits per heavy atom. The summed E-state index contributed by atoms with van der Waals surface area (Å²) in [4.78, 5) is 22.8. The zero-order valence-corrected chi connectivity index (χ0v) is 13.5. The first-order valence-corrected chi connectivity index (χ1v) is 7.99. The smallest absolute Gasteiger partial charge is 0.237 e. The Balaban J connectivity index is 1.81. The first kappa shape index (κ1) is 16.6. The van der Waals surface area contributed by atoms with E-state index in [1.165, 1.54) is 24.5 Å². The number of hydrogen-bond donors (Lipinski definition) is 0. The highest BCUT2D eigenvalue weighted by Gasteiger charge is 2.25. The number of piperazine rings is 1. The Hall–Kier alpha value is -2.28. The number of amides is 1. The molecule has 3 rings (SSSR count). The molecule has 8 heteroatoms. The maximum absolute atomic E-state index is 14.5. The fraction of sp³-hybridized carbons (Fsp3) is 0.312. The molecule has 126 valence electrons. The number of anilines is 1. The van der Waals surface area contributed by atoms with Gasteiger partial charge in [0.15, 0.2) is 17.5 Å². The van der Waals surface area contributed by atoms with E-state index in [9.17, 15) is 13.6 Å². The van der Waals surface area contributed by atoms with Gasteiger partial charge in [-0.05, 0) is 18.2 Å². The summed E-state index contributed by atoms with van der Waals surface area (Å²) < 4.78 is 28.9. The number of hydrogen-bond acceptors (Lipinski definition) is 4. The van der Waals surface area contributed by atoms with E-state index in [-0.39, 0.29) is 28.9 Å². The molecule has 0 unspecified atom stereocenters. The van der Waals surface area contributed by atoms with Gasteiger partial charge in [-0.2, -0.15) is 0 Å². The van der Waals surface area contributed by atoms with Crippen LogP contribution in [-0.2, 0) is 4.79 Å². The molecule has 1 fully saturated rings. The van der Waals surface area contributed by atoms with Gasteiger partial charge in [0.25, 0.3) is 0 Å². The van der Waals surface area contributed by atoms with Crippen LogP contribution in [0.2, 0.25) is 0 Å². The predicted octanol–water partition coefficient (Wildman–Crippen LogP) is 2.31. The second kappa shape index (κ2) is 7.09. The highest BCUT2D eigenvalue weighted by atomic mass is 35.5. The molecule has 1 aliphatic heterocycles. The van der Waals surface area contributed by atoms with E-state index in [1.807, 2.05) is 0 Å². The molecule has 1 amide bonds. The van der Waals surface area contributed by atoms with Crippen LogP contribution >= 0.6 is 11.6 Å². The quantitative estimate of drug-likeness (QED) is 0.795. The van der Waals surface area contributed by atoms with Gasteiger partial charge in [-0.25, -0.2) is 18.7 Å². The van der Waals surface area contributed by atoms with Crippen LogP contribution in [0.3, 0.4) is 0 Å². The molecule has 0 saturated carbocycles. The van der Waals surface area contributed by atoms with Gasteiger partial charge in [-0.1, -0.05) is 0 Å². The van der Waals surface area contributed by atoms with Crippen molar-refractivity contribution in [1.29, 1.82) is 0 Å². The van der Waals surface area contributed by atoms with Crippen molar-refractivity contribution in [3.8, 4) is 11.4 Å². The van der Waals surface area contributed by atoms with Crippen LogP contribution in [-0.4, -0.2) is 52.8 Å². The van der Waals surface area contributed by atoms with Crippen LogP contribution in [0.25, 0.3) is 11.4 Å². The van der Waals surface area contributed by atoms with Crippen LogP contribution in [0.15, 0.2) is 30.6 Å². The Bertz CT molecular complexity index is 736. The summed E-state index contributed by atoms with van der Waals surface area (Å²) in [6.45, 7) is 1.69. The normalized spacial score (nSPS) is 14.8. The Morgan fingerprint density at radius 2 is 1.75 bits per heavy atom. The number of carbonyl (C=O) groups excluding carboxylic acids is 1. The van der Waals surface area contributed by atoms with Crippen LogP contribution in [0.1, 0.15) is 0 Å². The topological polar surface area (TPSA) is 49.3 Å². The van der Waals surface area contributed by atoms with Gasteiger partial charge in [0, 0.05) is 38.6 Å². The number of carbonyl (C=O) groups is 1. The number of benzene rings is 1. The van der Waals surface area contributed by atoms with Crippen molar-refractivity contribution in [2.45, 2.75) is 0 Å². The maximum Gasteiger partial charge on any atom is 0.237 e. The van der Waals surface area contributed by atoms with Crippen LogP contribution in [0, 0.1) is 11.6 Å². The lowest BCUT2D eigenvalue weighted by Gasteiger charge is -2.36. The number of rotatable bonds is 3. The molecule has 0 N–H and O–H groups in total. The molecule has 5 nitrogen and oxygen atoms in total. The first-order valence-electron chi connectivity index (χ1n) is 7.46. The van der Waals surface area contributed by atoms with E-state index in [1.54, 1.807) is 15.9 Å². The average molecular weight is 353 g/mol. The van der Waals surface area contributed by atoms with E-state index < -0.39 is 11.6 Å². The Morgan fingerprint density at radius 3 is 2.38 bits per heavy atom. The first-order chi connectivity index (χ1) is 11.6. The number of alkyl halides is 1. The minimum Gasteiger partial charge on any atom is -0.366 e. The molecule has 0 bridgehead atoms. The largest absolute Gasteiger partial charge is 0.366 e. The number of aromatic nitrogens is 2. The molecule has 1 aliphatic rings. The van der Waals surface area contributed by atoms with Gasteiger partial charge >= 0.3 is 0 Å². The molecule has 0 spiro atoms. The van der Waals surface area contributed by atoms with Crippen LogP contribution in [0.5, 0.6) is 0 Å². The van der Waals surface area contributed by atoms with E-state index in [0.29, 0.717) is 26.2 Å². The van der Waals surface area contributed by atoms with Crippen LogP contribution in [0.4, 0.5) is 14.5 Å². The summed E-state index contributed by atoms with van der Waals surface area (Å²) in [6.07, 6.45) is 2.95. The van der Waals surface area contributed by atoms with Crippen molar-refractivity contribution in [1.82, 2.24) is 14.9 Å². The van der Waals surface area contributed by atoms with Crippen molar-refractivity contribution in [3.63, 3.8) is 0 Å². The van der Waals surface area contributed by atoms with E-state index in [0.717, 1.165) is 0 Å². The average Bonchev–Trinajstić information content (AvgIpc) is 2.64. The van der Waals surface area contributed by atoms with Gasteiger partial charge in [0.05, 0.1) is 11.3 Å². The van der Waals surface area contributed by atoms with Crippen molar-refractivity contribution >= 4 is 23.2 Å². The van der Waals surface area contributed by atoms with Gasteiger partial charge in [0.2, 0.25) is 5.91 Å². The molecule has 1 aromatic heterocycles. The van der Waals surface area contributed by atoms with Gasteiger partial charge in [-0.15, -0.1) is 11.6 Å². The summed E-state index contributed by atoms with van der Waals surface area (Å²) in [5.74, 6) is -2.00. The van der Waals surface area contributed by atoms with Crippen molar-refractivity contribution in [2.75, 3.05) is 37.0 Å². The zero-order chi connectivity index (χ0) is 17.1. The van der Waals surface area contributed by atoms with Gasteiger partial charge < -0.3 is 9.80 Å². The van der Waals surface area contributed by atoms with E-state index in [2.05, 4.69) is 9.97 Å². The minimum atomic E-state index is -0.974. The Kier molecular flexibility index (Phi) is 4.89. The molecule has 1 aromatic carbocycles. The van der Waals surface area contributed by atoms with Crippen molar-refractivity contribution < 1.29 is 13.6 Å². The highest BCUT2D eigenvalue weighted by molar-refractivity contribution is 6.27. The lowest BCUT2D eigenvalue weighted by molar-refractivity contribution is -0.128. The van der Waals surface area contributed by atoms with Crippen molar-refractivity contribution in [3.05, 3.63) is 42.2 Å². The number of halogens is 3. The molecule has 1 saturated heterocycles. The lowest BCUT2D eigenvalue weighted by Crippen LogP contribution is -2.49. The molecule has 2 aromatic rings. The third kappa shape index (κ3) is 3.17. The van der Waals surface area contributed by atoms with Gasteiger partial charge in [-0.3, -0.25) is 4.79 Å². The number of nitrogens with zero attached hydrogens (tertiary/aromatic N) is 4. The SMILES string of the molecule is O=C(CCl)N1CCN(c2ccc(-c3ncccn3)c(F)c2F)CC1. The summed E-state index contributed by atoms with van der Waals surface area (Å²) in [5.41, 5.74) is 0.193. The summed E-state index contributed by atoms with van der Waals surface area (Å²) in [6, 6.07) is 4.59. The third-order valence-corrected chi connectivity index (χ3v) is 4.18. The molecule has 0 radical (unpaired) electrons. The fourth-order valence-corrected chi connectivity index (χ4v) is 2.84. The molecule has 0 aliphatic carbocycles. The summed E-state index contributed by atoms with van der Waals surface area (Å²) in [7, 11) is 0. The standard InChI is InChI=1S/C16H15ClF2N4O/c17-10-13(24)23-8-6-22(7-9-23)12-3-2-11(14(18)15(12)19)16-20-4-1-5-21-16/h1-5H,6-10H2. The second-order valence-electron chi connectivity index (χ2n) is 5.33. The molecule has 0 atom stereocenters. The molecule has 2 heterocycles. The van der Waals surface area contributed by atoms with Crippen LogP contribution < -0.4 is 4.90 Å². The highest BCUT2D eigenvalue weighted by Crippen LogP contribution is 2.29. The minimum absolute atomic E-state index is 0.0211. The predicted molar refractivity (Wildman–Crippen MR) is 86.9 cm³/mol. The Labute approximate surface area is 142 Å². The monoisotopic (exact) mass is 352 g/mol. The van der Waals surface area contributed by atoms with E-state index >= 15 is 0 Å². The zero-order valence-electron chi connectivity index (χ0n) is 12.8. The molecular weight excluding hydrogens is 338 g/mol. The maximum atomic E-state index is 14.5. The van der Waals surface area contributed by atoms with Crippen molar-refractivity contribution in [2.24, 2.45) is 0 Å². The fourth-order valence-electron chi connectivity index (χ4n) is 2.68. The van der Waals surface area contributed by atoms with E-state index in [4.69, 9.17) is 11.6 Å². The third-order valence-electron chi connectivity index (χ3n) is 3.96. The lowest BCUT2D eigenvalue weighted by atomic mass is 10.1. The molecule has 24 heavy (non-hydrogen) atoms. The second-order valence-corrected chi connectivity index (χ2v) is 5.60.